The molecule has 0 amide bonds. The number of hydrogen-bond donors (Lipinski definition) is 2. The van der Waals surface area contributed by atoms with Gasteiger partial charge in [0.25, 0.3) is 0 Å². The Bertz CT molecular complexity index is 455. The Morgan fingerprint density at radius 2 is 1.44 bits per heavy atom. The molecule has 0 fully saturated rings. The smallest absolute Gasteiger partial charge is 0.0480 e. The summed E-state index contributed by atoms with van der Waals surface area (Å²) in [4.78, 5) is 0. The first-order chi connectivity index (χ1) is 8.81. The molecule has 94 valence electrons. The summed E-state index contributed by atoms with van der Waals surface area (Å²) in [6.45, 7) is 0.102. The highest BCUT2D eigenvalue weighted by atomic mass is 16.3. The third-order valence-electron chi connectivity index (χ3n) is 3.27. The Morgan fingerprint density at radius 1 is 0.889 bits per heavy atom. The summed E-state index contributed by atoms with van der Waals surface area (Å²) < 4.78 is 0. The van der Waals surface area contributed by atoms with Crippen molar-refractivity contribution in [3.63, 3.8) is 0 Å². The van der Waals surface area contributed by atoms with E-state index in [1.54, 1.807) is 0 Å². The summed E-state index contributed by atoms with van der Waals surface area (Å²) in [6.07, 6.45) is 0.799. The van der Waals surface area contributed by atoms with E-state index in [9.17, 15) is 5.11 Å². The van der Waals surface area contributed by atoms with Gasteiger partial charge in [-0.15, -0.1) is 0 Å². The van der Waals surface area contributed by atoms with E-state index in [-0.39, 0.29) is 18.6 Å². The van der Waals surface area contributed by atoms with E-state index in [1.807, 2.05) is 48.5 Å². The minimum absolute atomic E-state index is 0.0507. The van der Waals surface area contributed by atoms with Gasteiger partial charge in [0.05, 0.1) is 0 Å². The number of aliphatic hydroxyl groups is 1. The lowest BCUT2D eigenvalue weighted by molar-refractivity contribution is 0.204. The minimum Gasteiger partial charge on any atom is -0.396 e. The van der Waals surface area contributed by atoms with Crippen molar-refractivity contribution in [2.75, 3.05) is 6.61 Å². The first-order valence-corrected chi connectivity index (χ1v) is 6.26. The van der Waals surface area contributed by atoms with E-state index in [0.717, 1.165) is 12.0 Å². The average Bonchev–Trinajstić information content (AvgIpc) is 2.46. The minimum atomic E-state index is -0.128. The molecule has 0 aliphatic heterocycles. The standard InChI is InChI=1S/C16H19NO/c17-16(14-9-5-2-6-10-14)15(12-18)11-13-7-3-1-4-8-13/h1-10,15-16,18H,11-12,17H2. The second-order valence-electron chi connectivity index (χ2n) is 4.57. The SMILES string of the molecule is NC(c1ccccc1)C(CO)Cc1ccccc1. The molecule has 0 heterocycles. The summed E-state index contributed by atoms with van der Waals surface area (Å²) in [7, 11) is 0. The van der Waals surface area contributed by atoms with E-state index in [1.165, 1.54) is 5.56 Å². The van der Waals surface area contributed by atoms with Gasteiger partial charge in [0, 0.05) is 18.6 Å². The predicted octanol–water partition coefficient (Wildman–Crippen LogP) is 2.54. The lowest BCUT2D eigenvalue weighted by Crippen LogP contribution is -2.26. The van der Waals surface area contributed by atoms with Gasteiger partial charge in [-0.05, 0) is 17.5 Å². The van der Waals surface area contributed by atoms with Gasteiger partial charge < -0.3 is 10.8 Å². The molecule has 2 rings (SSSR count). The van der Waals surface area contributed by atoms with Crippen LogP contribution in [0.15, 0.2) is 60.7 Å². The van der Waals surface area contributed by atoms with Crippen molar-refractivity contribution in [1.82, 2.24) is 0 Å². The molecular formula is C16H19NO. The van der Waals surface area contributed by atoms with Crippen LogP contribution in [0.3, 0.4) is 0 Å². The lowest BCUT2D eigenvalue weighted by atomic mass is 9.89. The number of aliphatic hydroxyl groups excluding tert-OH is 1. The maximum atomic E-state index is 9.54. The van der Waals surface area contributed by atoms with Gasteiger partial charge in [-0.25, -0.2) is 0 Å². The number of rotatable bonds is 5. The van der Waals surface area contributed by atoms with Crippen LogP contribution in [0, 0.1) is 5.92 Å². The van der Waals surface area contributed by atoms with Gasteiger partial charge in [0.15, 0.2) is 0 Å². The lowest BCUT2D eigenvalue weighted by Gasteiger charge is -2.22. The van der Waals surface area contributed by atoms with Crippen LogP contribution >= 0.6 is 0 Å². The van der Waals surface area contributed by atoms with E-state index in [2.05, 4.69) is 12.1 Å². The van der Waals surface area contributed by atoms with Gasteiger partial charge in [0.1, 0.15) is 0 Å². The molecule has 2 aromatic rings. The van der Waals surface area contributed by atoms with Crippen LogP contribution in [0.2, 0.25) is 0 Å². The van der Waals surface area contributed by atoms with Crippen LogP contribution in [0.25, 0.3) is 0 Å². The number of benzene rings is 2. The summed E-state index contributed by atoms with van der Waals surface area (Å²) >= 11 is 0. The second kappa shape index (κ2) is 6.34. The molecule has 0 aliphatic rings. The molecule has 2 atom stereocenters. The fourth-order valence-corrected chi connectivity index (χ4v) is 2.17. The summed E-state index contributed by atoms with van der Waals surface area (Å²) in [6, 6.07) is 20.0. The fraction of sp³-hybridized carbons (Fsp3) is 0.250. The molecule has 0 aromatic heterocycles. The summed E-state index contributed by atoms with van der Waals surface area (Å²) in [5.74, 6) is 0.0507. The molecule has 18 heavy (non-hydrogen) atoms. The maximum absolute atomic E-state index is 9.54. The number of nitrogens with two attached hydrogens (primary N) is 1. The molecule has 3 N–H and O–H groups in total. The van der Waals surface area contributed by atoms with Crippen LogP contribution in [-0.2, 0) is 6.42 Å². The van der Waals surface area contributed by atoms with Crippen molar-refractivity contribution >= 4 is 0 Å². The van der Waals surface area contributed by atoms with Crippen molar-refractivity contribution in [1.29, 1.82) is 0 Å². The molecule has 2 heteroatoms. The monoisotopic (exact) mass is 241 g/mol. The van der Waals surface area contributed by atoms with Crippen LogP contribution < -0.4 is 5.73 Å². The first-order valence-electron chi connectivity index (χ1n) is 6.26. The zero-order chi connectivity index (χ0) is 12.8. The van der Waals surface area contributed by atoms with Crippen molar-refractivity contribution in [2.45, 2.75) is 12.5 Å². The van der Waals surface area contributed by atoms with Crippen LogP contribution in [0.5, 0.6) is 0 Å². The van der Waals surface area contributed by atoms with Gasteiger partial charge in [-0.1, -0.05) is 60.7 Å². The molecule has 2 nitrogen and oxygen atoms in total. The molecule has 0 spiro atoms. The zero-order valence-electron chi connectivity index (χ0n) is 10.4. The normalized spacial score (nSPS) is 14.1. The quantitative estimate of drug-likeness (QED) is 0.845. The summed E-state index contributed by atoms with van der Waals surface area (Å²) in [5.41, 5.74) is 8.53. The molecule has 2 unspecified atom stereocenters. The molecular weight excluding hydrogens is 222 g/mol. The Kier molecular flexibility index (Phi) is 4.51. The Labute approximate surface area is 108 Å². The molecule has 0 radical (unpaired) electrons. The van der Waals surface area contributed by atoms with E-state index in [0.29, 0.717) is 0 Å². The predicted molar refractivity (Wildman–Crippen MR) is 74.1 cm³/mol. The average molecular weight is 241 g/mol. The van der Waals surface area contributed by atoms with E-state index in [4.69, 9.17) is 5.73 Å². The molecule has 0 aliphatic carbocycles. The highest BCUT2D eigenvalue weighted by Gasteiger charge is 2.18. The third kappa shape index (κ3) is 3.19. The first kappa shape index (κ1) is 12.8. The van der Waals surface area contributed by atoms with Gasteiger partial charge >= 0.3 is 0 Å². The van der Waals surface area contributed by atoms with Crippen molar-refractivity contribution in [2.24, 2.45) is 11.7 Å². The van der Waals surface area contributed by atoms with Gasteiger partial charge in [-0.3, -0.25) is 0 Å². The molecule has 0 bridgehead atoms. The largest absolute Gasteiger partial charge is 0.396 e. The molecule has 0 saturated heterocycles. The van der Waals surface area contributed by atoms with Gasteiger partial charge in [-0.2, -0.15) is 0 Å². The van der Waals surface area contributed by atoms with Gasteiger partial charge in [0.2, 0.25) is 0 Å². The van der Waals surface area contributed by atoms with E-state index < -0.39 is 0 Å². The topological polar surface area (TPSA) is 46.2 Å². The van der Waals surface area contributed by atoms with Crippen LogP contribution in [-0.4, -0.2) is 11.7 Å². The van der Waals surface area contributed by atoms with Crippen molar-refractivity contribution < 1.29 is 5.11 Å². The molecule has 2 aromatic carbocycles. The Balaban J connectivity index is 2.09. The highest BCUT2D eigenvalue weighted by Crippen LogP contribution is 2.22. The highest BCUT2D eigenvalue weighted by molar-refractivity contribution is 5.21. The number of hydrogen-bond acceptors (Lipinski definition) is 2. The fourth-order valence-electron chi connectivity index (χ4n) is 2.17. The maximum Gasteiger partial charge on any atom is 0.0480 e. The van der Waals surface area contributed by atoms with E-state index >= 15 is 0 Å². The van der Waals surface area contributed by atoms with Crippen molar-refractivity contribution in [3.8, 4) is 0 Å². The van der Waals surface area contributed by atoms with Crippen LogP contribution in [0.4, 0.5) is 0 Å². The van der Waals surface area contributed by atoms with Crippen molar-refractivity contribution in [3.05, 3.63) is 71.8 Å². The summed E-state index contributed by atoms with van der Waals surface area (Å²) in [5, 5.41) is 9.54. The third-order valence-corrected chi connectivity index (χ3v) is 3.27. The zero-order valence-corrected chi connectivity index (χ0v) is 10.4. The second-order valence-corrected chi connectivity index (χ2v) is 4.57. The molecule has 0 saturated carbocycles. The Morgan fingerprint density at radius 3 is 2.00 bits per heavy atom. The van der Waals surface area contributed by atoms with Crippen LogP contribution in [0.1, 0.15) is 17.2 Å². The Hall–Kier alpha value is -1.64.